The average molecular weight is 447 g/mol. The Hall–Kier alpha value is -2.19. The Kier molecular flexibility index (Phi) is 7.54. The van der Waals surface area contributed by atoms with Gasteiger partial charge in [0.25, 0.3) is 0 Å². The summed E-state index contributed by atoms with van der Waals surface area (Å²) >= 11 is 0. The fraction of sp³-hybridized carbons (Fsp3) is 0.565. The highest BCUT2D eigenvalue weighted by Crippen LogP contribution is 2.19. The molecule has 1 aliphatic rings. The summed E-state index contributed by atoms with van der Waals surface area (Å²) < 4.78 is 29.8. The van der Waals surface area contributed by atoms with Crippen LogP contribution in [0.3, 0.4) is 0 Å². The number of benzene rings is 1. The van der Waals surface area contributed by atoms with Gasteiger partial charge in [-0.1, -0.05) is 32.0 Å². The Labute approximate surface area is 185 Å². The molecule has 2 heterocycles. The van der Waals surface area contributed by atoms with Crippen molar-refractivity contribution in [3.8, 4) is 0 Å². The third kappa shape index (κ3) is 5.95. The zero-order valence-electron chi connectivity index (χ0n) is 19.0. The minimum Gasteiger partial charge on any atom is -0.343 e. The molecular weight excluding hydrogens is 412 g/mol. The van der Waals surface area contributed by atoms with Crippen LogP contribution in [-0.2, 0) is 27.8 Å². The number of carbonyl (C=O) groups excluding carboxylic acids is 1. The number of aromatic nitrogens is 2. The molecule has 1 amide bonds. The second-order valence-corrected chi connectivity index (χ2v) is 10.5. The minimum absolute atomic E-state index is 0.125. The Morgan fingerprint density at radius 1 is 1.16 bits per heavy atom. The largest absolute Gasteiger partial charge is 0.343 e. The maximum absolute atomic E-state index is 12.8. The fourth-order valence-electron chi connectivity index (χ4n) is 4.14. The monoisotopic (exact) mass is 446 g/mol. The van der Waals surface area contributed by atoms with E-state index in [1.807, 2.05) is 16.5 Å². The van der Waals surface area contributed by atoms with Crippen LogP contribution in [0.5, 0.6) is 0 Å². The van der Waals surface area contributed by atoms with E-state index in [2.05, 4.69) is 30.6 Å². The number of rotatable bonds is 8. The van der Waals surface area contributed by atoms with Gasteiger partial charge in [0.1, 0.15) is 0 Å². The van der Waals surface area contributed by atoms with Gasteiger partial charge in [0.05, 0.1) is 10.6 Å². The average Bonchev–Trinajstić information content (AvgIpc) is 2.99. The molecular formula is C23H34N4O3S. The van der Waals surface area contributed by atoms with Crippen LogP contribution in [0.15, 0.2) is 35.2 Å². The van der Waals surface area contributed by atoms with Crippen LogP contribution in [0.1, 0.15) is 50.1 Å². The van der Waals surface area contributed by atoms with Crippen LogP contribution in [-0.4, -0.2) is 48.1 Å². The maximum Gasteiger partial charge on any atom is 0.240 e. The predicted molar refractivity (Wildman–Crippen MR) is 121 cm³/mol. The highest BCUT2D eigenvalue weighted by molar-refractivity contribution is 7.89. The SMILES string of the molecule is Cc1nn(CC(C)C)c(C)c1CCC(=O)N1CCC(NS(=O)(=O)c2ccccc2)CC1. The molecule has 7 nitrogen and oxygen atoms in total. The lowest BCUT2D eigenvalue weighted by Gasteiger charge is -2.32. The standard InChI is InChI=1S/C23H34N4O3S/c1-17(2)16-27-19(4)22(18(3)24-27)10-11-23(28)26-14-12-20(13-15-26)25-31(29,30)21-8-6-5-7-9-21/h5-9,17,20,25H,10-16H2,1-4H3. The zero-order chi connectivity index (χ0) is 22.6. The van der Waals surface area contributed by atoms with Crippen molar-refractivity contribution in [2.45, 2.75) is 70.9 Å². The molecule has 8 heteroatoms. The highest BCUT2D eigenvalue weighted by atomic mass is 32.2. The van der Waals surface area contributed by atoms with E-state index in [0.29, 0.717) is 44.7 Å². The molecule has 1 saturated heterocycles. The summed E-state index contributed by atoms with van der Waals surface area (Å²) in [4.78, 5) is 14.9. The number of sulfonamides is 1. The molecule has 3 rings (SSSR count). The molecule has 1 fully saturated rings. The summed E-state index contributed by atoms with van der Waals surface area (Å²) in [6.07, 6.45) is 2.40. The van der Waals surface area contributed by atoms with E-state index in [9.17, 15) is 13.2 Å². The van der Waals surface area contributed by atoms with Gasteiger partial charge in [-0.25, -0.2) is 13.1 Å². The van der Waals surface area contributed by atoms with Gasteiger partial charge >= 0.3 is 0 Å². The van der Waals surface area contributed by atoms with Crippen molar-refractivity contribution in [3.63, 3.8) is 0 Å². The number of likely N-dealkylation sites (tertiary alicyclic amines) is 1. The molecule has 0 unspecified atom stereocenters. The number of carbonyl (C=O) groups is 1. The molecule has 0 radical (unpaired) electrons. The summed E-state index contributed by atoms with van der Waals surface area (Å²) in [6, 6.07) is 8.26. The molecule has 0 spiro atoms. The van der Waals surface area contributed by atoms with Crippen molar-refractivity contribution in [2.24, 2.45) is 5.92 Å². The van der Waals surface area contributed by atoms with Crippen molar-refractivity contribution in [3.05, 3.63) is 47.3 Å². The number of amides is 1. The van der Waals surface area contributed by atoms with Crippen molar-refractivity contribution < 1.29 is 13.2 Å². The molecule has 0 aliphatic carbocycles. The van der Waals surface area contributed by atoms with Gasteiger partial charge in [0.15, 0.2) is 0 Å². The molecule has 2 aromatic rings. The van der Waals surface area contributed by atoms with E-state index in [0.717, 1.165) is 17.9 Å². The van der Waals surface area contributed by atoms with Gasteiger partial charge in [0, 0.05) is 37.8 Å². The van der Waals surface area contributed by atoms with Crippen molar-refractivity contribution in [1.82, 2.24) is 19.4 Å². The molecule has 1 aliphatic heterocycles. The van der Waals surface area contributed by atoms with Gasteiger partial charge in [-0.05, 0) is 56.7 Å². The highest BCUT2D eigenvalue weighted by Gasteiger charge is 2.27. The summed E-state index contributed by atoms with van der Waals surface area (Å²) in [6.45, 7) is 10.5. The Bertz CT molecular complexity index is 991. The van der Waals surface area contributed by atoms with Crippen molar-refractivity contribution in [2.75, 3.05) is 13.1 Å². The Balaban J connectivity index is 1.50. The second-order valence-electron chi connectivity index (χ2n) is 8.81. The molecule has 1 N–H and O–H groups in total. The first-order valence-corrected chi connectivity index (χ1v) is 12.5. The number of hydrogen-bond acceptors (Lipinski definition) is 4. The van der Waals surface area contributed by atoms with Gasteiger partial charge in [-0.2, -0.15) is 5.10 Å². The number of piperidine rings is 1. The van der Waals surface area contributed by atoms with E-state index in [4.69, 9.17) is 0 Å². The van der Waals surface area contributed by atoms with E-state index in [-0.39, 0.29) is 16.8 Å². The summed E-state index contributed by atoms with van der Waals surface area (Å²) in [5.41, 5.74) is 3.31. The second kappa shape index (κ2) is 9.96. The molecule has 31 heavy (non-hydrogen) atoms. The molecule has 1 aromatic carbocycles. The van der Waals surface area contributed by atoms with E-state index < -0.39 is 10.0 Å². The van der Waals surface area contributed by atoms with E-state index in [1.165, 1.54) is 5.56 Å². The third-order valence-corrected chi connectivity index (χ3v) is 7.42. The van der Waals surface area contributed by atoms with E-state index >= 15 is 0 Å². The first-order valence-electron chi connectivity index (χ1n) is 11.1. The smallest absolute Gasteiger partial charge is 0.240 e. The first kappa shape index (κ1) is 23.5. The van der Waals surface area contributed by atoms with Gasteiger partial charge in [-0.15, -0.1) is 0 Å². The first-order chi connectivity index (χ1) is 14.7. The van der Waals surface area contributed by atoms with E-state index in [1.54, 1.807) is 30.3 Å². The van der Waals surface area contributed by atoms with Gasteiger partial charge in [0.2, 0.25) is 15.9 Å². The van der Waals surface area contributed by atoms with Crippen LogP contribution in [0.4, 0.5) is 0 Å². The normalized spacial score (nSPS) is 15.6. The van der Waals surface area contributed by atoms with Crippen LogP contribution in [0.25, 0.3) is 0 Å². The van der Waals surface area contributed by atoms with Gasteiger partial charge in [-0.3, -0.25) is 9.48 Å². The Morgan fingerprint density at radius 3 is 2.42 bits per heavy atom. The minimum atomic E-state index is -3.52. The quantitative estimate of drug-likeness (QED) is 0.675. The van der Waals surface area contributed by atoms with Crippen LogP contribution < -0.4 is 4.72 Å². The summed E-state index contributed by atoms with van der Waals surface area (Å²) in [5, 5.41) is 4.64. The lowest BCUT2D eigenvalue weighted by molar-refractivity contribution is -0.132. The number of aryl methyl sites for hydroxylation is 1. The number of nitrogens with one attached hydrogen (secondary N) is 1. The lowest BCUT2D eigenvalue weighted by atomic mass is 10.0. The maximum atomic E-state index is 12.8. The van der Waals surface area contributed by atoms with Crippen LogP contribution in [0, 0.1) is 19.8 Å². The summed E-state index contributed by atoms with van der Waals surface area (Å²) in [5.74, 6) is 0.646. The molecule has 170 valence electrons. The molecule has 0 atom stereocenters. The Morgan fingerprint density at radius 2 is 1.81 bits per heavy atom. The van der Waals surface area contributed by atoms with Crippen LogP contribution >= 0.6 is 0 Å². The lowest BCUT2D eigenvalue weighted by Crippen LogP contribution is -2.46. The molecule has 0 saturated carbocycles. The third-order valence-electron chi connectivity index (χ3n) is 5.88. The zero-order valence-corrected chi connectivity index (χ0v) is 19.8. The summed E-state index contributed by atoms with van der Waals surface area (Å²) in [7, 11) is -3.52. The topological polar surface area (TPSA) is 84.3 Å². The van der Waals surface area contributed by atoms with Crippen molar-refractivity contribution in [1.29, 1.82) is 0 Å². The van der Waals surface area contributed by atoms with Gasteiger partial charge < -0.3 is 4.90 Å². The number of nitrogens with zero attached hydrogens (tertiary/aromatic N) is 3. The predicted octanol–water partition coefficient (Wildman–Crippen LogP) is 3.06. The fourth-order valence-corrected chi connectivity index (χ4v) is 5.47. The van der Waals surface area contributed by atoms with Crippen molar-refractivity contribution >= 4 is 15.9 Å². The number of hydrogen-bond donors (Lipinski definition) is 1. The van der Waals surface area contributed by atoms with Crippen LogP contribution in [0.2, 0.25) is 0 Å². The molecule has 0 bridgehead atoms. The molecule has 1 aromatic heterocycles.